The number of anilines is 1. The second kappa shape index (κ2) is 4.43. The fraction of sp³-hybridized carbons (Fsp3) is 0.417. The summed E-state index contributed by atoms with van der Waals surface area (Å²) < 4.78 is 6.11. The Labute approximate surface area is 113 Å². The van der Waals surface area contributed by atoms with Gasteiger partial charge in [0.15, 0.2) is 5.54 Å². The second-order valence-corrected chi connectivity index (χ2v) is 5.51. The van der Waals surface area contributed by atoms with Crippen LogP contribution in [0.2, 0.25) is 0 Å². The van der Waals surface area contributed by atoms with E-state index >= 15 is 0 Å². The maximum absolute atomic E-state index is 11.5. The van der Waals surface area contributed by atoms with E-state index in [1.54, 1.807) is 0 Å². The summed E-state index contributed by atoms with van der Waals surface area (Å²) in [6.45, 7) is 2.57. The van der Waals surface area contributed by atoms with E-state index in [1.165, 1.54) is 17.7 Å². The number of aliphatic carboxylic acids is 1. The zero-order valence-electron chi connectivity index (χ0n) is 10.3. The van der Waals surface area contributed by atoms with Gasteiger partial charge in [-0.1, -0.05) is 0 Å². The number of carbonyl (C=O) groups is 1. The van der Waals surface area contributed by atoms with Gasteiger partial charge in [0.25, 0.3) is 0 Å². The van der Waals surface area contributed by atoms with Gasteiger partial charge in [0.2, 0.25) is 0 Å². The lowest BCUT2D eigenvalue weighted by atomic mass is 9.99. The van der Waals surface area contributed by atoms with Gasteiger partial charge >= 0.3 is 5.97 Å². The molecule has 7 heteroatoms. The van der Waals surface area contributed by atoms with Gasteiger partial charge in [-0.2, -0.15) is 0 Å². The molecule has 0 aliphatic carbocycles. The molecule has 2 aromatic rings. The molecule has 1 atom stereocenters. The highest BCUT2D eigenvalue weighted by molar-refractivity contribution is 7.18. The fourth-order valence-electron chi connectivity index (χ4n) is 2.17. The summed E-state index contributed by atoms with van der Waals surface area (Å²) in [5.74, 6) is -0.346. The molecule has 3 rings (SSSR count). The number of ether oxygens (including phenoxy) is 1. The van der Waals surface area contributed by atoms with Crippen LogP contribution in [0.25, 0.3) is 10.2 Å². The Hall–Kier alpha value is -1.73. The maximum Gasteiger partial charge on any atom is 0.331 e. The predicted molar refractivity (Wildman–Crippen MR) is 71.6 cm³/mol. The molecule has 0 bridgehead atoms. The number of hydrogen-bond acceptors (Lipinski definition) is 6. The number of nitrogens with one attached hydrogen (secondary N) is 1. The molecule has 0 saturated carbocycles. The highest BCUT2D eigenvalue weighted by atomic mass is 32.1. The van der Waals surface area contributed by atoms with Crippen molar-refractivity contribution in [1.29, 1.82) is 0 Å². The molecule has 1 aliphatic rings. The van der Waals surface area contributed by atoms with Crippen LogP contribution in [-0.4, -0.2) is 39.8 Å². The molecule has 3 heterocycles. The van der Waals surface area contributed by atoms with Gasteiger partial charge in [-0.15, -0.1) is 11.3 Å². The van der Waals surface area contributed by atoms with Crippen LogP contribution in [0.4, 0.5) is 5.82 Å². The number of aromatic nitrogens is 2. The van der Waals surface area contributed by atoms with Crippen molar-refractivity contribution < 1.29 is 14.6 Å². The minimum Gasteiger partial charge on any atom is -0.479 e. The van der Waals surface area contributed by atoms with Gasteiger partial charge in [0.1, 0.15) is 12.1 Å². The number of thiophene rings is 1. The van der Waals surface area contributed by atoms with Crippen molar-refractivity contribution in [1.82, 2.24) is 9.97 Å². The number of rotatable bonds is 3. The number of hydrogen-bond donors (Lipinski definition) is 2. The van der Waals surface area contributed by atoms with Crippen LogP contribution in [-0.2, 0) is 9.53 Å². The largest absolute Gasteiger partial charge is 0.479 e. The Kier molecular flexibility index (Phi) is 2.87. The summed E-state index contributed by atoms with van der Waals surface area (Å²) in [7, 11) is 0. The van der Waals surface area contributed by atoms with Crippen LogP contribution < -0.4 is 5.32 Å². The van der Waals surface area contributed by atoms with Crippen molar-refractivity contribution >= 4 is 33.3 Å². The topological polar surface area (TPSA) is 84.3 Å². The van der Waals surface area contributed by atoms with Crippen LogP contribution in [0, 0.1) is 6.92 Å². The number of aryl methyl sites for hydroxylation is 1. The maximum atomic E-state index is 11.5. The third kappa shape index (κ3) is 1.95. The Morgan fingerprint density at radius 1 is 1.58 bits per heavy atom. The van der Waals surface area contributed by atoms with Crippen molar-refractivity contribution in [2.45, 2.75) is 18.9 Å². The molecule has 1 saturated heterocycles. The number of carboxylic acid groups (broad SMARTS) is 1. The van der Waals surface area contributed by atoms with Crippen molar-refractivity contribution in [3.05, 3.63) is 17.3 Å². The molecule has 0 spiro atoms. The Morgan fingerprint density at radius 2 is 2.42 bits per heavy atom. The first-order valence-electron chi connectivity index (χ1n) is 5.90. The summed E-state index contributed by atoms with van der Waals surface area (Å²) in [5.41, 5.74) is 0.846. The Morgan fingerprint density at radius 3 is 3.11 bits per heavy atom. The first-order valence-corrected chi connectivity index (χ1v) is 6.78. The van der Waals surface area contributed by atoms with E-state index < -0.39 is 11.5 Å². The monoisotopic (exact) mass is 279 g/mol. The van der Waals surface area contributed by atoms with Gasteiger partial charge in [-0.05, 0) is 17.9 Å². The summed E-state index contributed by atoms with van der Waals surface area (Å²) in [4.78, 5) is 19.9. The first-order chi connectivity index (χ1) is 9.12. The molecule has 6 nitrogen and oxygen atoms in total. The molecular formula is C12H13N3O3S. The molecular weight excluding hydrogens is 266 g/mol. The van der Waals surface area contributed by atoms with Crippen LogP contribution in [0.15, 0.2) is 11.7 Å². The van der Waals surface area contributed by atoms with Gasteiger partial charge in [-0.25, -0.2) is 14.8 Å². The molecule has 0 amide bonds. The molecule has 1 aliphatic heterocycles. The van der Waals surface area contributed by atoms with Gasteiger partial charge < -0.3 is 15.2 Å². The average molecular weight is 279 g/mol. The molecule has 0 aromatic carbocycles. The average Bonchev–Trinajstić information content (AvgIpc) is 2.99. The number of carboxylic acids is 1. The third-order valence-corrected chi connectivity index (χ3v) is 4.41. The van der Waals surface area contributed by atoms with Gasteiger partial charge in [0.05, 0.1) is 16.8 Å². The van der Waals surface area contributed by atoms with E-state index in [0.717, 1.165) is 15.8 Å². The minimum atomic E-state index is -1.08. The molecule has 0 radical (unpaired) electrons. The van der Waals surface area contributed by atoms with E-state index in [2.05, 4.69) is 15.3 Å². The molecule has 1 unspecified atom stereocenters. The third-order valence-electron chi connectivity index (χ3n) is 3.32. The molecule has 2 N–H and O–H groups in total. The van der Waals surface area contributed by atoms with Crippen molar-refractivity contribution in [2.75, 3.05) is 18.5 Å². The van der Waals surface area contributed by atoms with E-state index in [0.29, 0.717) is 18.8 Å². The molecule has 2 aromatic heterocycles. The quantitative estimate of drug-likeness (QED) is 0.888. The summed E-state index contributed by atoms with van der Waals surface area (Å²) in [5, 5.41) is 14.5. The van der Waals surface area contributed by atoms with Crippen LogP contribution in [0.1, 0.15) is 12.0 Å². The molecule has 1 fully saturated rings. The normalized spacial score (nSPS) is 22.8. The van der Waals surface area contributed by atoms with Gasteiger partial charge in [0, 0.05) is 13.0 Å². The fourth-order valence-corrected chi connectivity index (χ4v) is 3.12. The number of nitrogens with zero attached hydrogens (tertiary/aromatic N) is 2. The Bertz CT molecular complexity index is 634. The van der Waals surface area contributed by atoms with E-state index in [4.69, 9.17) is 4.74 Å². The lowest BCUT2D eigenvalue weighted by molar-refractivity contribution is -0.142. The highest BCUT2D eigenvalue weighted by Gasteiger charge is 2.43. The molecule has 19 heavy (non-hydrogen) atoms. The van der Waals surface area contributed by atoms with E-state index in [1.807, 2.05) is 12.3 Å². The van der Waals surface area contributed by atoms with Crippen LogP contribution in [0.3, 0.4) is 0 Å². The standard InChI is InChI=1S/C12H13N3O3S/c1-7-4-19-9-8(7)13-6-14-10(9)15-12(11(16)17)2-3-18-5-12/h4,6H,2-3,5H2,1H3,(H,16,17)(H,13,14,15). The molecule has 100 valence electrons. The zero-order chi connectivity index (χ0) is 13.5. The minimum absolute atomic E-state index is 0.151. The second-order valence-electron chi connectivity index (χ2n) is 4.63. The summed E-state index contributed by atoms with van der Waals surface area (Å²) >= 11 is 1.51. The van der Waals surface area contributed by atoms with E-state index in [-0.39, 0.29) is 6.61 Å². The zero-order valence-corrected chi connectivity index (χ0v) is 11.2. The van der Waals surface area contributed by atoms with Crippen molar-refractivity contribution in [3.63, 3.8) is 0 Å². The predicted octanol–water partition coefficient (Wildman–Crippen LogP) is 1.66. The van der Waals surface area contributed by atoms with Crippen LogP contribution in [0.5, 0.6) is 0 Å². The first kappa shape index (κ1) is 12.3. The highest BCUT2D eigenvalue weighted by Crippen LogP contribution is 2.32. The SMILES string of the molecule is Cc1csc2c(NC3(C(=O)O)CCOC3)ncnc12. The van der Waals surface area contributed by atoms with Gasteiger partial charge in [-0.3, -0.25) is 0 Å². The van der Waals surface area contributed by atoms with E-state index in [9.17, 15) is 9.90 Å². The number of fused-ring (bicyclic) bond motifs is 1. The Balaban J connectivity index is 2.03. The van der Waals surface area contributed by atoms with Crippen molar-refractivity contribution in [3.8, 4) is 0 Å². The van der Waals surface area contributed by atoms with Crippen LogP contribution >= 0.6 is 11.3 Å². The summed E-state index contributed by atoms with van der Waals surface area (Å²) in [6, 6.07) is 0. The van der Waals surface area contributed by atoms with Crippen molar-refractivity contribution in [2.24, 2.45) is 0 Å². The lowest BCUT2D eigenvalue weighted by Crippen LogP contribution is -2.47. The lowest BCUT2D eigenvalue weighted by Gasteiger charge is -2.24. The summed E-state index contributed by atoms with van der Waals surface area (Å²) in [6.07, 6.45) is 1.88. The smallest absolute Gasteiger partial charge is 0.331 e.